The summed E-state index contributed by atoms with van der Waals surface area (Å²) in [5.74, 6) is 0. The minimum absolute atomic E-state index is 0.0150. The van der Waals surface area contributed by atoms with Crippen molar-refractivity contribution in [1.82, 2.24) is 0 Å². The van der Waals surface area contributed by atoms with Gasteiger partial charge in [-0.2, -0.15) is 0 Å². The standard InChI is InChI=1S/C8H12O3/c9-4-3-7-5-1-2-6(10-7)8(4)11-5/h4-9H,1-3H2. The summed E-state index contributed by atoms with van der Waals surface area (Å²) in [5.41, 5.74) is 0. The Kier molecular flexibility index (Phi) is 1.15. The number of aliphatic hydroxyl groups excluding tert-OH is 1. The van der Waals surface area contributed by atoms with Crippen LogP contribution in [-0.4, -0.2) is 35.6 Å². The smallest absolute Gasteiger partial charge is 0.110 e. The van der Waals surface area contributed by atoms with Crippen molar-refractivity contribution in [2.24, 2.45) is 0 Å². The van der Waals surface area contributed by atoms with Gasteiger partial charge in [-0.15, -0.1) is 0 Å². The van der Waals surface area contributed by atoms with Crippen LogP contribution in [0.15, 0.2) is 0 Å². The van der Waals surface area contributed by atoms with Gasteiger partial charge in [0.05, 0.1) is 24.4 Å². The average Bonchev–Trinajstić information content (AvgIpc) is 2.05. The van der Waals surface area contributed by atoms with Crippen molar-refractivity contribution in [3.05, 3.63) is 0 Å². The minimum Gasteiger partial charge on any atom is -0.390 e. The third-order valence-electron chi connectivity index (χ3n) is 3.05. The maximum atomic E-state index is 9.52. The molecular formula is C8H12O3. The number of ether oxygens (including phenoxy) is 2. The van der Waals surface area contributed by atoms with Gasteiger partial charge >= 0.3 is 0 Å². The van der Waals surface area contributed by atoms with E-state index < -0.39 is 0 Å². The van der Waals surface area contributed by atoms with Crippen LogP contribution in [0.5, 0.6) is 0 Å². The normalized spacial score (nSPS) is 60.3. The van der Waals surface area contributed by atoms with E-state index in [1.807, 2.05) is 0 Å². The van der Waals surface area contributed by atoms with E-state index in [1.165, 1.54) is 0 Å². The zero-order valence-electron chi connectivity index (χ0n) is 6.27. The third kappa shape index (κ3) is 0.736. The van der Waals surface area contributed by atoms with Crippen LogP contribution < -0.4 is 0 Å². The highest BCUT2D eigenvalue weighted by Crippen LogP contribution is 2.41. The highest BCUT2D eigenvalue weighted by atomic mass is 16.6. The molecule has 5 rings (SSSR count). The van der Waals surface area contributed by atoms with E-state index in [1.54, 1.807) is 0 Å². The van der Waals surface area contributed by atoms with E-state index >= 15 is 0 Å². The second-order valence-electron chi connectivity index (χ2n) is 3.73. The van der Waals surface area contributed by atoms with Gasteiger partial charge in [-0.25, -0.2) is 0 Å². The van der Waals surface area contributed by atoms with Crippen LogP contribution >= 0.6 is 0 Å². The van der Waals surface area contributed by atoms with Crippen molar-refractivity contribution in [3.8, 4) is 0 Å². The third-order valence-corrected chi connectivity index (χ3v) is 3.05. The van der Waals surface area contributed by atoms with Crippen LogP contribution in [0.3, 0.4) is 0 Å². The molecule has 0 aliphatic carbocycles. The first-order valence-corrected chi connectivity index (χ1v) is 4.33. The molecule has 5 aliphatic rings. The number of hydrogen-bond acceptors (Lipinski definition) is 3. The maximum Gasteiger partial charge on any atom is 0.110 e. The molecule has 0 amide bonds. The Morgan fingerprint density at radius 2 is 1.82 bits per heavy atom. The Morgan fingerprint density at radius 1 is 1.00 bits per heavy atom. The molecule has 5 saturated heterocycles. The zero-order valence-corrected chi connectivity index (χ0v) is 6.27. The summed E-state index contributed by atoms with van der Waals surface area (Å²) in [7, 11) is 0. The molecule has 0 aromatic carbocycles. The first-order chi connectivity index (χ1) is 5.34. The molecule has 1 N–H and O–H groups in total. The Balaban J connectivity index is 1.93. The first-order valence-electron chi connectivity index (χ1n) is 4.33. The number of rotatable bonds is 0. The Bertz CT molecular complexity index is 180. The molecule has 4 bridgehead atoms. The van der Waals surface area contributed by atoms with Gasteiger partial charge in [0, 0.05) is 6.42 Å². The highest BCUT2D eigenvalue weighted by molar-refractivity contribution is 4.99. The number of fused-ring (bicyclic) bond motifs is 2. The Hall–Kier alpha value is -0.120. The molecule has 0 saturated carbocycles. The van der Waals surface area contributed by atoms with Crippen molar-refractivity contribution >= 4 is 0 Å². The van der Waals surface area contributed by atoms with E-state index in [2.05, 4.69) is 0 Å². The molecule has 0 radical (unpaired) electrons. The van der Waals surface area contributed by atoms with Crippen LogP contribution in [0.2, 0.25) is 0 Å². The predicted octanol–water partition coefficient (Wildman–Crippen LogP) is 0.0660. The fourth-order valence-corrected chi connectivity index (χ4v) is 2.50. The van der Waals surface area contributed by atoms with Gasteiger partial charge < -0.3 is 14.6 Å². The van der Waals surface area contributed by atoms with E-state index in [4.69, 9.17) is 9.47 Å². The lowest BCUT2D eigenvalue weighted by Crippen LogP contribution is -2.64. The molecular weight excluding hydrogens is 144 g/mol. The van der Waals surface area contributed by atoms with Crippen LogP contribution in [0.25, 0.3) is 0 Å². The summed E-state index contributed by atoms with van der Waals surface area (Å²) in [4.78, 5) is 0. The molecule has 5 unspecified atom stereocenters. The van der Waals surface area contributed by atoms with Crippen molar-refractivity contribution in [1.29, 1.82) is 0 Å². The molecule has 0 aromatic heterocycles. The van der Waals surface area contributed by atoms with Gasteiger partial charge in [0.15, 0.2) is 0 Å². The molecule has 0 aromatic rings. The van der Waals surface area contributed by atoms with E-state index in [9.17, 15) is 5.11 Å². The van der Waals surface area contributed by atoms with Gasteiger partial charge in [-0.1, -0.05) is 0 Å². The quantitative estimate of drug-likeness (QED) is 0.539. The zero-order chi connectivity index (χ0) is 7.42. The summed E-state index contributed by atoms with van der Waals surface area (Å²) in [6, 6.07) is 0. The first kappa shape index (κ1) is 6.40. The second kappa shape index (κ2) is 1.97. The van der Waals surface area contributed by atoms with Crippen LogP contribution in [0.4, 0.5) is 0 Å². The second-order valence-corrected chi connectivity index (χ2v) is 3.73. The summed E-state index contributed by atoms with van der Waals surface area (Å²) in [5, 5.41) is 9.52. The van der Waals surface area contributed by atoms with Crippen LogP contribution in [0.1, 0.15) is 19.3 Å². The monoisotopic (exact) mass is 156 g/mol. The van der Waals surface area contributed by atoms with Gasteiger partial charge in [-0.05, 0) is 12.8 Å². The SMILES string of the molecule is OC1CC2OC3CCC2OC13. The average molecular weight is 156 g/mol. The molecule has 5 aliphatic heterocycles. The Labute approximate surface area is 65.3 Å². The van der Waals surface area contributed by atoms with Crippen molar-refractivity contribution < 1.29 is 14.6 Å². The molecule has 5 atom stereocenters. The van der Waals surface area contributed by atoms with E-state index in [0.717, 1.165) is 19.3 Å². The molecule has 5 fully saturated rings. The lowest BCUT2D eigenvalue weighted by Gasteiger charge is -2.53. The fraction of sp³-hybridized carbons (Fsp3) is 1.00. The van der Waals surface area contributed by atoms with Crippen LogP contribution in [0, 0.1) is 0 Å². The number of hydrogen-bond donors (Lipinski definition) is 1. The topological polar surface area (TPSA) is 38.7 Å². The summed E-state index contributed by atoms with van der Waals surface area (Å²) >= 11 is 0. The molecule has 3 heteroatoms. The van der Waals surface area contributed by atoms with Crippen molar-refractivity contribution in [3.63, 3.8) is 0 Å². The van der Waals surface area contributed by atoms with Crippen LogP contribution in [-0.2, 0) is 9.47 Å². The number of aliphatic hydroxyl groups is 1. The lowest BCUT2D eigenvalue weighted by atomic mass is 9.82. The largest absolute Gasteiger partial charge is 0.390 e. The Morgan fingerprint density at radius 3 is 2.36 bits per heavy atom. The van der Waals surface area contributed by atoms with Gasteiger partial charge in [0.1, 0.15) is 6.10 Å². The van der Waals surface area contributed by atoms with E-state index in [0.29, 0.717) is 0 Å². The van der Waals surface area contributed by atoms with Gasteiger partial charge in [0.25, 0.3) is 0 Å². The maximum absolute atomic E-state index is 9.52. The predicted molar refractivity (Wildman–Crippen MR) is 37.2 cm³/mol. The molecule has 5 heterocycles. The minimum atomic E-state index is -0.268. The van der Waals surface area contributed by atoms with Crippen molar-refractivity contribution in [2.75, 3.05) is 0 Å². The summed E-state index contributed by atoms with van der Waals surface area (Å²) in [6.07, 6.45) is 3.36. The van der Waals surface area contributed by atoms with E-state index in [-0.39, 0.29) is 30.5 Å². The van der Waals surface area contributed by atoms with Gasteiger partial charge in [-0.3, -0.25) is 0 Å². The molecule has 11 heavy (non-hydrogen) atoms. The summed E-state index contributed by atoms with van der Waals surface area (Å²) < 4.78 is 11.3. The molecule has 0 spiro atoms. The molecule has 62 valence electrons. The lowest BCUT2D eigenvalue weighted by molar-refractivity contribution is -0.314. The van der Waals surface area contributed by atoms with Crippen molar-refractivity contribution in [2.45, 2.75) is 49.8 Å². The highest BCUT2D eigenvalue weighted by Gasteiger charge is 2.52. The van der Waals surface area contributed by atoms with Gasteiger partial charge in [0.2, 0.25) is 0 Å². The fourth-order valence-electron chi connectivity index (χ4n) is 2.50. The molecule has 3 nitrogen and oxygen atoms in total. The summed E-state index contributed by atoms with van der Waals surface area (Å²) in [6.45, 7) is 0.